The predicted octanol–water partition coefficient (Wildman–Crippen LogP) is -0.870. The molecule has 16 heteroatoms. The molecule has 0 saturated heterocycles. The van der Waals surface area contributed by atoms with Crippen LogP contribution in [0.15, 0.2) is 16.0 Å². The van der Waals surface area contributed by atoms with Gasteiger partial charge in [0.1, 0.15) is 5.69 Å². The van der Waals surface area contributed by atoms with Crippen molar-refractivity contribution in [2.75, 3.05) is 5.32 Å². The summed E-state index contributed by atoms with van der Waals surface area (Å²) in [6, 6.07) is 0.346. The molecule has 5 rings (SSSR count). The number of hydrogen-bond donors (Lipinski definition) is 4. The zero-order chi connectivity index (χ0) is 25.6. The van der Waals surface area contributed by atoms with E-state index in [9.17, 15) is 27.9 Å². The highest BCUT2D eigenvalue weighted by Crippen LogP contribution is 2.23. The standard InChI is InChI=1S/C20H22F3N9O4/c21-20(22,23)16(34)36-32-13(15(33)29-19(32)35)7-9-8-25-31-14(9)28-17(30-18(31)27-12-5-6-12)26-11-3-1-10(24)2-4-11/h7-8,10-12,33H,1-6,24H2,(H,29,35)(H,26,27,30). The molecule has 2 fully saturated rings. The Morgan fingerprint density at radius 2 is 1.97 bits per heavy atom. The molecule has 0 bridgehead atoms. The quantitative estimate of drug-likeness (QED) is 0.340. The molecule has 13 nitrogen and oxygen atoms in total. The number of carbonyl (C=O) groups is 1. The first-order chi connectivity index (χ1) is 17.1. The van der Waals surface area contributed by atoms with Gasteiger partial charge in [0.25, 0.3) is 5.62 Å². The van der Waals surface area contributed by atoms with Crippen LogP contribution >= 0.6 is 0 Å². The molecule has 0 aromatic carbocycles. The summed E-state index contributed by atoms with van der Waals surface area (Å²) >= 11 is 0. The number of nitrogens with one attached hydrogen (secondary N) is 2. The normalized spacial score (nSPS) is 21.8. The highest BCUT2D eigenvalue weighted by molar-refractivity contribution is 5.76. The van der Waals surface area contributed by atoms with E-state index in [-0.39, 0.29) is 45.3 Å². The van der Waals surface area contributed by atoms with Crippen LogP contribution in [0, 0.1) is 0 Å². The van der Waals surface area contributed by atoms with Crippen molar-refractivity contribution in [2.24, 2.45) is 10.7 Å². The zero-order valence-corrected chi connectivity index (χ0v) is 18.7. The summed E-state index contributed by atoms with van der Waals surface area (Å²) in [6.45, 7) is 0. The zero-order valence-electron chi connectivity index (χ0n) is 18.7. The van der Waals surface area contributed by atoms with Crippen molar-refractivity contribution in [3.05, 3.63) is 33.2 Å². The molecular formula is C20H22F3N9O4. The molecule has 3 aromatic heterocycles. The highest BCUT2D eigenvalue weighted by Gasteiger charge is 2.42. The topological polar surface area (TPSA) is 178 Å². The van der Waals surface area contributed by atoms with E-state index in [0.717, 1.165) is 44.6 Å². The number of aromatic nitrogens is 6. The van der Waals surface area contributed by atoms with E-state index in [1.165, 1.54) is 10.7 Å². The van der Waals surface area contributed by atoms with Gasteiger partial charge < -0.3 is 21.0 Å². The number of aromatic amines is 1. The van der Waals surface area contributed by atoms with E-state index >= 15 is 0 Å². The van der Waals surface area contributed by atoms with Gasteiger partial charge in [-0.1, -0.05) is 0 Å². The largest absolute Gasteiger partial charge is 0.493 e. The second-order valence-electron chi connectivity index (χ2n) is 8.78. The third-order valence-electron chi connectivity index (χ3n) is 5.90. The maximum atomic E-state index is 12.7. The SMILES string of the molecule is NC1CCC(Nc2nc(=NC3CC3)n3ncc(=Cc4c(O)[nH]c(=O)n4OC(=O)C(F)(F)F)c3n2)CC1. The van der Waals surface area contributed by atoms with Gasteiger partial charge in [-0.15, -0.1) is 4.73 Å². The molecule has 2 aliphatic carbocycles. The average molecular weight is 509 g/mol. The van der Waals surface area contributed by atoms with Crippen LogP contribution in [-0.4, -0.2) is 64.7 Å². The second-order valence-corrected chi connectivity index (χ2v) is 8.78. The fourth-order valence-electron chi connectivity index (χ4n) is 3.86. The van der Waals surface area contributed by atoms with Crippen LogP contribution in [0.5, 0.6) is 5.88 Å². The second kappa shape index (κ2) is 8.92. The Morgan fingerprint density at radius 3 is 2.64 bits per heavy atom. The first kappa shape index (κ1) is 23.8. The van der Waals surface area contributed by atoms with Crippen LogP contribution in [0.2, 0.25) is 0 Å². The monoisotopic (exact) mass is 509 g/mol. The molecule has 0 radical (unpaired) electrons. The van der Waals surface area contributed by atoms with Crippen molar-refractivity contribution in [1.82, 2.24) is 29.3 Å². The van der Waals surface area contributed by atoms with Gasteiger partial charge in [0.2, 0.25) is 11.8 Å². The van der Waals surface area contributed by atoms with Crippen molar-refractivity contribution >= 4 is 23.6 Å². The Hall–Kier alpha value is -3.95. The van der Waals surface area contributed by atoms with Crippen molar-refractivity contribution in [1.29, 1.82) is 0 Å². The molecular weight excluding hydrogens is 487 g/mol. The number of halogens is 3. The van der Waals surface area contributed by atoms with Gasteiger partial charge in [0, 0.05) is 17.3 Å². The van der Waals surface area contributed by atoms with Crippen molar-refractivity contribution < 1.29 is 27.9 Å². The summed E-state index contributed by atoms with van der Waals surface area (Å²) in [5.74, 6) is -3.18. The van der Waals surface area contributed by atoms with E-state index in [0.29, 0.717) is 0 Å². The summed E-state index contributed by atoms with van der Waals surface area (Å²) in [6.07, 6.45) is 2.24. The highest BCUT2D eigenvalue weighted by atomic mass is 19.4. The van der Waals surface area contributed by atoms with Gasteiger partial charge in [-0.25, -0.2) is 14.6 Å². The maximum Gasteiger partial charge on any atom is 0.493 e. The van der Waals surface area contributed by atoms with Crippen molar-refractivity contribution in [3.8, 4) is 5.88 Å². The Bertz CT molecular complexity index is 1480. The van der Waals surface area contributed by atoms with Gasteiger partial charge in [-0.05, 0) is 44.6 Å². The number of alkyl halides is 3. The van der Waals surface area contributed by atoms with Crippen molar-refractivity contribution in [2.45, 2.75) is 62.8 Å². The maximum absolute atomic E-state index is 12.7. The molecule has 0 spiro atoms. The number of carbonyl (C=O) groups excluding carboxylic acids is 1. The Kier molecular flexibility index (Phi) is 5.89. The molecule has 2 aliphatic rings. The third-order valence-corrected chi connectivity index (χ3v) is 5.90. The Balaban J connectivity index is 1.59. The first-order valence-corrected chi connectivity index (χ1v) is 11.3. The van der Waals surface area contributed by atoms with Crippen LogP contribution in [0.1, 0.15) is 44.2 Å². The molecule has 0 amide bonds. The lowest BCUT2D eigenvalue weighted by Gasteiger charge is -2.26. The smallest absolute Gasteiger partial charge is 0.493 e. The minimum atomic E-state index is -5.36. The number of hydrogen-bond acceptors (Lipinski definition) is 10. The molecule has 0 aliphatic heterocycles. The van der Waals surface area contributed by atoms with Gasteiger partial charge in [0.05, 0.1) is 12.2 Å². The van der Waals surface area contributed by atoms with Crippen molar-refractivity contribution in [3.63, 3.8) is 0 Å². The molecule has 3 heterocycles. The number of nitrogens with zero attached hydrogens (tertiary/aromatic N) is 6. The van der Waals surface area contributed by atoms with Gasteiger partial charge in [0.15, 0.2) is 5.65 Å². The summed E-state index contributed by atoms with van der Waals surface area (Å²) in [5, 5.41) is 17.8. The van der Waals surface area contributed by atoms with Crippen LogP contribution < -0.4 is 32.4 Å². The number of anilines is 1. The molecule has 2 saturated carbocycles. The fraction of sp³-hybridized carbons (Fsp3) is 0.500. The van der Waals surface area contributed by atoms with Crippen LogP contribution in [0.4, 0.5) is 19.1 Å². The number of H-pyrrole nitrogens is 1. The summed E-state index contributed by atoms with van der Waals surface area (Å²) in [4.78, 5) is 42.9. The summed E-state index contributed by atoms with van der Waals surface area (Å²) in [5.41, 5.74) is 4.64. The van der Waals surface area contributed by atoms with Gasteiger partial charge in [-0.3, -0.25) is 4.98 Å². The fourth-order valence-corrected chi connectivity index (χ4v) is 3.86. The molecule has 3 aromatic rings. The van der Waals surface area contributed by atoms with Gasteiger partial charge in [-0.2, -0.15) is 32.8 Å². The number of aromatic hydroxyl groups is 1. The number of nitrogens with two attached hydrogens (primary N) is 1. The number of fused-ring (bicyclic) bond motifs is 1. The molecule has 5 N–H and O–H groups in total. The number of rotatable bonds is 5. The summed E-state index contributed by atoms with van der Waals surface area (Å²) in [7, 11) is 0. The van der Waals surface area contributed by atoms with Crippen LogP contribution in [0.3, 0.4) is 0 Å². The lowest BCUT2D eigenvalue weighted by molar-refractivity contribution is -0.200. The Labute approximate surface area is 199 Å². The molecule has 36 heavy (non-hydrogen) atoms. The Morgan fingerprint density at radius 1 is 1.25 bits per heavy atom. The van der Waals surface area contributed by atoms with Gasteiger partial charge >= 0.3 is 17.8 Å². The minimum absolute atomic E-state index is 0.00968. The lowest BCUT2D eigenvalue weighted by atomic mass is 9.92. The van der Waals surface area contributed by atoms with E-state index in [1.807, 2.05) is 4.98 Å². The van der Waals surface area contributed by atoms with E-state index in [4.69, 9.17) is 5.73 Å². The first-order valence-electron chi connectivity index (χ1n) is 11.3. The van der Waals surface area contributed by atoms with E-state index in [1.54, 1.807) is 0 Å². The van der Waals surface area contributed by atoms with Crippen LogP contribution in [-0.2, 0) is 4.79 Å². The van der Waals surface area contributed by atoms with E-state index in [2.05, 4.69) is 30.2 Å². The molecule has 0 atom stereocenters. The lowest BCUT2D eigenvalue weighted by Crippen LogP contribution is -2.38. The van der Waals surface area contributed by atoms with E-state index < -0.39 is 29.4 Å². The molecule has 0 unspecified atom stereocenters. The predicted molar refractivity (Wildman–Crippen MR) is 116 cm³/mol. The summed E-state index contributed by atoms with van der Waals surface area (Å²) < 4.78 is 39.4. The molecule has 192 valence electrons. The third kappa shape index (κ3) is 4.89. The minimum Gasteiger partial charge on any atom is -0.493 e. The average Bonchev–Trinajstić information content (AvgIpc) is 3.48. The number of imidazole rings is 1. The van der Waals surface area contributed by atoms with Crippen LogP contribution in [0.25, 0.3) is 11.7 Å².